The fourth-order valence-electron chi connectivity index (χ4n) is 2.14. The van der Waals surface area contributed by atoms with Crippen LogP contribution in [0.5, 0.6) is 0 Å². The Morgan fingerprint density at radius 1 is 1.21 bits per heavy atom. The molecule has 1 N–H and O–H groups in total. The van der Waals surface area contributed by atoms with E-state index in [1.165, 1.54) is 5.56 Å². The van der Waals surface area contributed by atoms with Gasteiger partial charge in [0, 0.05) is 16.2 Å². The number of rotatable bonds is 4. The maximum Gasteiger partial charge on any atom is 0.129 e. The number of pyridine rings is 1. The van der Waals surface area contributed by atoms with Crippen LogP contribution in [0.25, 0.3) is 0 Å². The topological polar surface area (TPSA) is 24.9 Å². The summed E-state index contributed by atoms with van der Waals surface area (Å²) in [6.07, 6.45) is 2.79. The van der Waals surface area contributed by atoms with E-state index in [0.717, 1.165) is 22.3 Å². The van der Waals surface area contributed by atoms with E-state index in [-0.39, 0.29) is 5.54 Å². The van der Waals surface area contributed by atoms with Crippen molar-refractivity contribution < 1.29 is 0 Å². The normalized spacial score (nSPS) is 11.4. The molecule has 1 aromatic carbocycles. The van der Waals surface area contributed by atoms with Gasteiger partial charge >= 0.3 is 0 Å². The highest BCUT2D eigenvalue weighted by Gasteiger charge is 2.19. The van der Waals surface area contributed by atoms with Crippen LogP contribution in [-0.2, 0) is 6.42 Å². The Balaban J connectivity index is 2.12. The van der Waals surface area contributed by atoms with E-state index < -0.39 is 0 Å². The summed E-state index contributed by atoms with van der Waals surface area (Å²) in [5, 5.41) is 3.53. The lowest BCUT2D eigenvalue weighted by atomic mass is 9.95. The molecule has 0 atom stereocenters. The van der Waals surface area contributed by atoms with Gasteiger partial charge in [0.25, 0.3) is 0 Å². The number of halogens is 1. The Hall–Kier alpha value is -1.35. The maximum atomic E-state index is 4.45. The van der Waals surface area contributed by atoms with E-state index in [4.69, 9.17) is 0 Å². The number of aromatic nitrogens is 1. The number of nitrogens with zero attached hydrogens (tertiary/aromatic N) is 1. The third-order valence-electron chi connectivity index (χ3n) is 2.99. The van der Waals surface area contributed by atoms with Gasteiger partial charge in [0.1, 0.15) is 5.82 Å². The molecule has 0 aliphatic heterocycles. The predicted octanol–water partition coefficient (Wildman–Crippen LogP) is 4.59. The van der Waals surface area contributed by atoms with Crippen molar-refractivity contribution >= 4 is 21.7 Å². The smallest absolute Gasteiger partial charge is 0.129 e. The molecule has 0 aliphatic rings. The zero-order valence-corrected chi connectivity index (χ0v) is 13.2. The van der Waals surface area contributed by atoms with Gasteiger partial charge in [0.05, 0.1) is 0 Å². The number of anilines is 1. The molecule has 0 bridgehead atoms. The number of hydrogen-bond donors (Lipinski definition) is 1. The van der Waals surface area contributed by atoms with Crippen molar-refractivity contribution in [2.45, 2.75) is 32.7 Å². The minimum absolute atomic E-state index is 0.0348. The molecule has 3 heteroatoms. The van der Waals surface area contributed by atoms with Crippen molar-refractivity contribution in [3.05, 3.63) is 58.2 Å². The average molecular weight is 319 g/mol. The van der Waals surface area contributed by atoms with Crippen LogP contribution in [0.4, 0.5) is 5.82 Å². The summed E-state index contributed by atoms with van der Waals surface area (Å²) in [6, 6.07) is 12.6. The second kappa shape index (κ2) is 5.74. The van der Waals surface area contributed by atoms with E-state index in [1.807, 2.05) is 12.3 Å². The Morgan fingerprint density at radius 3 is 2.53 bits per heavy atom. The van der Waals surface area contributed by atoms with Crippen molar-refractivity contribution in [2.24, 2.45) is 0 Å². The van der Waals surface area contributed by atoms with Gasteiger partial charge in [-0.05, 0) is 60.3 Å². The van der Waals surface area contributed by atoms with E-state index in [9.17, 15) is 0 Å². The van der Waals surface area contributed by atoms with Crippen LogP contribution >= 0.6 is 15.9 Å². The van der Waals surface area contributed by atoms with E-state index in [1.54, 1.807) is 0 Å². The number of aryl methyl sites for hydroxylation is 1. The molecule has 0 radical (unpaired) electrons. The lowest BCUT2D eigenvalue weighted by Gasteiger charge is -2.28. The van der Waals surface area contributed by atoms with Gasteiger partial charge < -0.3 is 5.32 Å². The van der Waals surface area contributed by atoms with Gasteiger partial charge in [-0.15, -0.1) is 0 Å². The van der Waals surface area contributed by atoms with Crippen LogP contribution in [0.2, 0.25) is 0 Å². The third kappa shape index (κ3) is 4.06. The van der Waals surface area contributed by atoms with Crippen molar-refractivity contribution in [3.8, 4) is 0 Å². The summed E-state index contributed by atoms with van der Waals surface area (Å²) < 4.78 is 1.01. The van der Waals surface area contributed by atoms with E-state index >= 15 is 0 Å². The molecule has 0 aliphatic carbocycles. The molecule has 0 saturated heterocycles. The molecule has 19 heavy (non-hydrogen) atoms. The predicted molar refractivity (Wildman–Crippen MR) is 84.5 cm³/mol. The van der Waals surface area contributed by atoms with Crippen molar-refractivity contribution in [1.82, 2.24) is 4.98 Å². The molecule has 2 aromatic rings. The SMILES string of the molecule is Cc1cc(Br)cnc1NC(C)(C)Cc1ccccc1. The van der Waals surface area contributed by atoms with Crippen molar-refractivity contribution in [1.29, 1.82) is 0 Å². The highest BCUT2D eigenvalue weighted by atomic mass is 79.9. The van der Waals surface area contributed by atoms with E-state index in [0.29, 0.717) is 0 Å². The molecule has 2 nitrogen and oxygen atoms in total. The van der Waals surface area contributed by atoms with Crippen molar-refractivity contribution in [3.63, 3.8) is 0 Å². The monoisotopic (exact) mass is 318 g/mol. The second-order valence-electron chi connectivity index (χ2n) is 5.49. The van der Waals surface area contributed by atoms with Crippen LogP contribution in [0.3, 0.4) is 0 Å². The fraction of sp³-hybridized carbons (Fsp3) is 0.312. The van der Waals surface area contributed by atoms with Crippen LogP contribution in [0.15, 0.2) is 47.1 Å². The number of nitrogens with one attached hydrogen (secondary N) is 1. The summed E-state index contributed by atoms with van der Waals surface area (Å²) in [7, 11) is 0. The first kappa shape index (κ1) is 14.1. The molecule has 100 valence electrons. The Bertz CT molecular complexity index is 550. The molecule has 0 saturated carbocycles. The number of benzene rings is 1. The van der Waals surface area contributed by atoms with Gasteiger partial charge in [0.15, 0.2) is 0 Å². The fourth-order valence-corrected chi connectivity index (χ4v) is 2.59. The average Bonchev–Trinajstić information content (AvgIpc) is 2.33. The van der Waals surface area contributed by atoms with Crippen LogP contribution < -0.4 is 5.32 Å². The maximum absolute atomic E-state index is 4.45. The quantitative estimate of drug-likeness (QED) is 0.892. The largest absolute Gasteiger partial charge is 0.365 e. The van der Waals surface area contributed by atoms with Gasteiger partial charge in [-0.3, -0.25) is 0 Å². The minimum Gasteiger partial charge on any atom is -0.365 e. The summed E-state index contributed by atoms with van der Waals surface area (Å²) in [5.41, 5.74) is 2.44. The van der Waals surface area contributed by atoms with Gasteiger partial charge in [-0.2, -0.15) is 0 Å². The molecule has 0 fully saturated rings. The molecule has 1 aromatic heterocycles. The van der Waals surface area contributed by atoms with Gasteiger partial charge in [-0.1, -0.05) is 30.3 Å². The third-order valence-corrected chi connectivity index (χ3v) is 3.42. The highest BCUT2D eigenvalue weighted by molar-refractivity contribution is 9.10. The van der Waals surface area contributed by atoms with Crippen LogP contribution in [0, 0.1) is 6.92 Å². The summed E-state index contributed by atoms with van der Waals surface area (Å²) in [6.45, 7) is 6.46. The summed E-state index contributed by atoms with van der Waals surface area (Å²) in [4.78, 5) is 4.45. The minimum atomic E-state index is -0.0348. The molecule has 1 heterocycles. The first-order valence-electron chi connectivity index (χ1n) is 6.40. The molecule has 2 rings (SSSR count). The molecule has 0 spiro atoms. The van der Waals surface area contributed by atoms with Crippen LogP contribution in [-0.4, -0.2) is 10.5 Å². The zero-order chi connectivity index (χ0) is 13.9. The first-order valence-corrected chi connectivity index (χ1v) is 7.20. The highest BCUT2D eigenvalue weighted by Crippen LogP contribution is 2.22. The molecule has 0 unspecified atom stereocenters. The van der Waals surface area contributed by atoms with E-state index in [2.05, 4.69) is 77.3 Å². The standard InChI is InChI=1S/C16H19BrN2/c1-12-9-14(17)11-18-15(12)19-16(2,3)10-13-7-5-4-6-8-13/h4-9,11H,10H2,1-3H3,(H,18,19). The lowest BCUT2D eigenvalue weighted by molar-refractivity contribution is 0.561. The Kier molecular flexibility index (Phi) is 4.25. The van der Waals surface area contributed by atoms with Gasteiger partial charge in [0.2, 0.25) is 0 Å². The zero-order valence-electron chi connectivity index (χ0n) is 11.6. The second-order valence-corrected chi connectivity index (χ2v) is 6.41. The first-order chi connectivity index (χ1) is 8.96. The lowest BCUT2D eigenvalue weighted by Crippen LogP contribution is -2.34. The summed E-state index contributed by atoms with van der Waals surface area (Å²) in [5.74, 6) is 0.948. The molecular formula is C16H19BrN2. The summed E-state index contributed by atoms with van der Waals surface area (Å²) >= 11 is 3.44. The number of hydrogen-bond acceptors (Lipinski definition) is 2. The molecular weight excluding hydrogens is 300 g/mol. The van der Waals surface area contributed by atoms with Gasteiger partial charge in [-0.25, -0.2) is 4.98 Å². The van der Waals surface area contributed by atoms with Crippen molar-refractivity contribution in [2.75, 3.05) is 5.32 Å². The Labute approximate surface area is 123 Å². The Morgan fingerprint density at radius 2 is 1.89 bits per heavy atom. The van der Waals surface area contributed by atoms with Crippen LogP contribution in [0.1, 0.15) is 25.0 Å². The molecule has 0 amide bonds.